The molecule has 0 bridgehead atoms. The van der Waals surface area contributed by atoms with Crippen molar-refractivity contribution in [2.24, 2.45) is 0 Å². The van der Waals surface area contributed by atoms with Gasteiger partial charge in [-0.2, -0.15) is 11.8 Å². The van der Waals surface area contributed by atoms with E-state index in [9.17, 15) is 9.59 Å². The number of aryl methyl sites for hydroxylation is 1. The van der Waals surface area contributed by atoms with E-state index >= 15 is 0 Å². The molecule has 2 rings (SSSR count). The first kappa shape index (κ1) is 25.1. The molecule has 10 heteroatoms. The monoisotopic (exact) mass is 466 g/mol. The molecule has 0 aliphatic carbocycles. The van der Waals surface area contributed by atoms with Crippen molar-refractivity contribution < 1.29 is 18.7 Å². The molecule has 1 atom stereocenters. The molecule has 2 amide bonds. The molecule has 2 N–H and O–H groups in total. The second-order valence-corrected chi connectivity index (χ2v) is 9.65. The third-order valence-electron chi connectivity index (χ3n) is 4.02. The average molecular weight is 467 g/mol. The number of hydrogen-bond donors (Lipinski definition) is 2. The molecular weight excluding hydrogens is 436 g/mol. The third kappa shape index (κ3) is 8.82. The quantitative estimate of drug-likeness (QED) is 0.486. The van der Waals surface area contributed by atoms with Gasteiger partial charge < -0.3 is 19.8 Å². The van der Waals surface area contributed by atoms with Gasteiger partial charge in [0.05, 0.1) is 5.75 Å². The lowest BCUT2D eigenvalue weighted by Crippen LogP contribution is -2.35. The summed E-state index contributed by atoms with van der Waals surface area (Å²) >= 11 is 2.80. The van der Waals surface area contributed by atoms with Gasteiger partial charge in [-0.15, -0.1) is 10.2 Å². The second kappa shape index (κ2) is 12.0. The van der Waals surface area contributed by atoms with Crippen LogP contribution >= 0.6 is 23.5 Å². The van der Waals surface area contributed by atoms with E-state index in [4.69, 9.17) is 9.15 Å². The Morgan fingerprint density at radius 1 is 1.23 bits per heavy atom. The molecular formula is C21H30N4O4S2. The van der Waals surface area contributed by atoms with Gasteiger partial charge >= 0.3 is 6.09 Å². The molecule has 0 aliphatic heterocycles. The van der Waals surface area contributed by atoms with Crippen LogP contribution in [0, 0.1) is 0 Å². The maximum Gasteiger partial charge on any atom is 0.408 e. The number of ether oxygens (including phenoxy) is 1. The van der Waals surface area contributed by atoms with Crippen molar-refractivity contribution in [1.82, 2.24) is 15.5 Å². The number of rotatable bonds is 10. The van der Waals surface area contributed by atoms with E-state index < -0.39 is 17.7 Å². The number of nitrogens with one attached hydrogen (secondary N) is 2. The molecule has 31 heavy (non-hydrogen) atoms. The number of amides is 2. The van der Waals surface area contributed by atoms with E-state index in [1.807, 2.05) is 37.4 Å². The Morgan fingerprint density at radius 2 is 1.97 bits per heavy atom. The molecule has 170 valence electrons. The van der Waals surface area contributed by atoms with Crippen molar-refractivity contribution >= 4 is 41.2 Å². The van der Waals surface area contributed by atoms with Gasteiger partial charge in [0.2, 0.25) is 11.8 Å². The van der Waals surface area contributed by atoms with E-state index in [1.54, 1.807) is 32.5 Å². The first-order valence-corrected chi connectivity index (χ1v) is 12.4. The van der Waals surface area contributed by atoms with Crippen molar-refractivity contribution in [3.05, 3.63) is 35.7 Å². The van der Waals surface area contributed by atoms with Gasteiger partial charge in [0, 0.05) is 5.69 Å². The van der Waals surface area contributed by atoms with Crippen molar-refractivity contribution in [2.75, 3.05) is 23.1 Å². The number of anilines is 1. The minimum Gasteiger partial charge on any atom is -0.444 e. The van der Waals surface area contributed by atoms with Crippen LogP contribution in [0.3, 0.4) is 0 Å². The Balaban J connectivity index is 1.95. The first-order valence-electron chi connectivity index (χ1n) is 10.0. The standard InChI is InChI=1S/C21H30N4O4S2/c1-6-14-9-7-8-10-15(14)22-17(26)13-31-20-25-24-18(28-20)16(11-12-30-5)23-19(27)29-21(2,3)4/h7-10,16H,6,11-13H2,1-5H3,(H,22,26)(H,23,27). The largest absolute Gasteiger partial charge is 0.444 e. The highest BCUT2D eigenvalue weighted by molar-refractivity contribution is 7.99. The van der Waals surface area contributed by atoms with Gasteiger partial charge in [0.15, 0.2) is 0 Å². The lowest BCUT2D eigenvalue weighted by atomic mass is 10.1. The van der Waals surface area contributed by atoms with E-state index in [1.165, 1.54) is 0 Å². The molecule has 0 radical (unpaired) electrons. The molecule has 1 unspecified atom stereocenters. The van der Waals surface area contributed by atoms with Crippen LogP contribution in [0.25, 0.3) is 0 Å². The molecule has 2 aromatic rings. The van der Waals surface area contributed by atoms with Crippen molar-refractivity contribution in [2.45, 2.75) is 57.4 Å². The van der Waals surface area contributed by atoms with E-state index in [0.717, 1.165) is 35.2 Å². The van der Waals surface area contributed by atoms with Crippen molar-refractivity contribution in [3.63, 3.8) is 0 Å². The summed E-state index contributed by atoms with van der Waals surface area (Å²) in [5.41, 5.74) is 1.28. The molecule has 0 spiro atoms. The Bertz CT molecular complexity index is 867. The van der Waals surface area contributed by atoms with Crippen LogP contribution in [0.15, 0.2) is 33.9 Å². The number of alkyl carbamates (subject to hydrolysis) is 1. The minimum absolute atomic E-state index is 0.134. The number of carbonyl (C=O) groups is 2. The van der Waals surface area contributed by atoms with Gasteiger partial charge in [-0.05, 0) is 57.3 Å². The molecule has 8 nitrogen and oxygen atoms in total. The summed E-state index contributed by atoms with van der Waals surface area (Å²) in [6.07, 6.45) is 2.88. The predicted octanol–water partition coefficient (Wildman–Crippen LogP) is 4.68. The zero-order chi connectivity index (χ0) is 22.9. The summed E-state index contributed by atoms with van der Waals surface area (Å²) in [7, 11) is 0. The number of nitrogens with zero attached hydrogens (tertiary/aromatic N) is 2. The topological polar surface area (TPSA) is 106 Å². The van der Waals surface area contributed by atoms with Crippen LogP contribution in [0.1, 0.15) is 51.6 Å². The number of hydrogen-bond acceptors (Lipinski definition) is 8. The number of carbonyl (C=O) groups excluding carboxylic acids is 2. The lowest BCUT2D eigenvalue weighted by Gasteiger charge is -2.22. The smallest absolute Gasteiger partial charge is 0.408 e. The summed E-state index contributed by atoms with van der Waals surface area (Å²) in [6.45, 7) is 7.44. The molecule has 1 heterocycles. The maximum absolute atomic E-state index is 12.3. The average Bonchev–Trinajstić information content (AvgIpc) is 3.17. The Hall–Kier alpha value is -2.20. The summed E-state index contributed by atoms with van der Waals surface area (Å²) < 4.78 is 11.0. The molecule has 0 saturated heterocycles. The SMILES string of the molecule is CCc1ccccc1NC(=O)CSc1nnc(C(CCSC)NC(=O)OC(C)(C)C)o1. The predicted molar refractivity (Wildman–Crippen MR) is 125 cm³/mol. The second-order valence-electron chi connectivity index (χ2n) is 7.73. The van der Waals surface area contributed by atoms with Crippen LogP contribution in [-0.4, -0.2) is 45.6 Å². The van der Waals surface area contributed by atoms with Gasteiger partial charge in [-0.3, -0.25) is 4.79 Å². The van der Waals surface area contributed by atoms with Crippen LogP contribution in [-0.2, 0) is 16.0 Å². The Morgan fingerprint density at radius 3 is 2.65 bits per heavy atom. The van der Waals surface area contributed by atoms with Crippen LogP contribution in [0.5, 0.6) is 0 Å². The number of benzene rings is 1. The van der Waals surface area contributed by atoms with Crippen LogP contribution < -0.4 is 10.6 Å². The fraction of sp³-hybridized carbons (Fsp3) is 0.524. The third-order valence-corrected chi connectivity index (χ3v) is 5.48. The maximum atomic E-state index is 12.3. The van der Waals surface area contributed by atoms with Crippen LogP contribution in [0.2, 0.25) is 0 Å². The van der Waals surface area contributed by atoms with E-state index in [0.29, 0.717) is 12.3 Å². The number of para-hydroxylation sites is 1. The van der Waals surface area contributed by atoms with E-state index in [2.05, 4.69) is 20.8 Å². The number of aromatic nitrogens is 2. The van der Waals surface area contributed by atoms with Gasteiger partial charge in [0.25, 0.3) is 5.22 Å². The van der Waals surface area contributed by atoms with Crippen molar-refractivity contribution in [1.29, 1.82) is 0 Å². The molecule has 0 saturated carbocycles. The fourth-order valence-corrected chi connectivity index (χ4v) is 3.67. The van der Waals surface area contributed by atoms with Gasteiger partial charge in [0.1, 0.15) is 11.6 Å². The highest BCUT2D eigenvalue weighted by atomic mass is 32.2. The molecule has 0 aliphatic rings. The zero-order valence-electron chi connectivity index (χ0n) is 18.6. The fourth-order valence-electron chi connectivity index (χ4n) is 2.63. The molecule has 0 fully saturated rings. The summed E-state index contributed by atoms with van der Waals surface area (Å²) in [4.78, 5) is 24.5. The van der Waals surface area contributed by atoms with E-state index in [-0.39, 0.29) is 16.9 Å². The Labute approximate surface area is 191 Å². The summed E-state index contributed by atoms with van der Waals surface area (Å²) in [5, 5.41) is 14.0. The summed E-state index contributed by atoms with van der Waals surface area (Å²) in [5.74, 6) is 1.06. The minimum atomic E-state index is -0.603. The highest BCUT2D eigenvalue weighted by Gasteiger charge is 2.24. The Kier molecular flexibility index (Phi) is 9.70. The first-order chi connectivity index (χ1) is 14.7. The van der Waals surface area contributed by atoms with Gasteiger partial charge in [-0.25, -0.2) is 4.79 Å². The normalized spacial score (nSPS) is 12.3. The lowest BCUT2D eigenvalue weighted by molar-refractivity contribution is -0.113. The zero-order valence-corrected chi connectivity index (χ0v) is 20.2. The summed E-state index contributed by atoms with van der Waals surface area (Å²) in [6, 6.07) is 7.24. The van der Waals surface area contributed by atoms with Crippen molar-refractivity contribution in [3.8, 4) is 0 Å². The number of thioether (sulfide) groups is 2. The molecule has 1 aromatic carbocycles. The van der Waals surface area contributed by atoms with Crippen LogP contribution in [0.4, 0.5) is 10.5 Å². The van der Waals surface area contributed by atoms with Gasteiger partial charge in [-0.1, -0.05) is 36.9 Å². The molecule has 1 aromatic heterocycles. The highest BCUT2D eigenvalue weighted by Crippen LogP contribution is 2.24.